The second-order valence-electron chi connectivity index (χ2n) is 6.81. The number of carbonyl (C=O) groups excluding carboxylic acids is 2. The van der Waals surface area contributed by atoms with Crippen LogP contribution in [0.2, 0.25) is 19.6 Å². The van der Waals surface area contributed by atoms with E-state index in [1.807, 2.05) is 0 Å². The molecule has 3 aliphatic rings. The highest BCUT2D eigenvalue weighted by Crippen LogP contribution is 2.52. The predicted molar refractivity (Wildman–Crippen MR) is 75.6 cm³/mol. The Hall–Kier alpha value is -1.34. The molecular weight excluding hydrogens is 254 g/mol. The molecule has 2 amide bonds. The summed E-state index contributed by atoms with van der Waals surface area (Å²) in [5.41, 5.74) is 3.22. The molecule has 0 unspecified atom stereocenters. The van der Waals surface area contributed by atoms with Crippen molar-refractivity contribution in [2.45, 2.75) is 26.1 Å². The highest BCUT2D eigenvalue weighted by atomic mass is 28.3. The predicted octanol–water partition coefficient (Wildman–Crippen LogP) is 1.67. The molecule has 1 aliphatic heterocycles. The molecule has 3 rings (SSSR count). The topological polar surface area (TPSA) is 37.4 Å². The molecule has 0 N–H and O–H groups in total. The van der Waals surface area contributed by atoms with Crippen molar-refractivity contribution >= 4 is 19.9 Å². The fourth-order valence-electron chi connectivity index (χ4n) is 3.50. The van der Waals surface area contributed by atoms with Gasteiger partial charge in [-0.15, -0.1) is 5.54 Å². The van der Waals surface area contributed by atoms with Crippen LogP contribution >= 0.6 is 0 Å². The van der Waals surface area contributed by atoms with Crippen LogP contribution in [0.15, 0.2) is 12.2 Å². The molecule has 0 radical (unpaired) electrons. The number of likely N-dealkylation sites (tertiary alicyclic amines) is 1. The lowest BCUT2D eigenvalue weighted by molar-refractivity contribution is -0.139. The Balaban J connectivity index is 1.77. The van der Waals surface area contributed by atoms with E-state index >= 15 is 0 Å². The van der Waals surface area contributed by atoms with Crippen molar-refractivity contribution in [2.75, 3.05) is 6.54 Å². The lowest BCUT2D eigenvalue weighted by atomic mass is 9.85. The molecule has 19 heavy (non-hydrogen) atoms. The van der Waals surface area contributed by atoms with Crippen molar-refractivity contribution in [3.63, 3.8) is 0 Å². The normalized spacial score (nSPS) is 35.6. The highest BCUT2D eigenvalue weighted by Gasteiger charge is 2.58. The van der Waals surface area contributed by atoms with Crippen molar-refractivity contribution in [3.05, 3.63) is 12.2 Å². The summed E-state index contributed by atoms with van der Waals surface area (Å²) in [6, 6.07) is 0. The molecule has 0 aromatic rings. The average molecular weight is 273 g/mol. The number of allylic oxidation sites excluding steroid dienone is 2. The summed E-state index contributed by atoms with van der Waals surface area (Å²) in [4.78, 5) is 26.1. The first-order chi connectivity index (χ1) is 8.88. The van der Waals surface area contributed by atoms with Gasteiger partial charge in [-0.25, -0.2) is 0 Å². The van der Waals surface area contributed by atoms with Crippen LogP contribution in [0.4, 0.5) is 0 Å². The third-order valence-electron chi connectivity index (χ3n) is 4.26. The summed E-state index contributed by atoms with van der Waals surface area (Å²) < 4.78 is 0. The third-order valence-corrected chi connectivity index (χ3v) is 5.19. The van der Waals surface area contributed by atoms with Gasteiger partial charge in [-0.05, 0) is 18.3 Å². The zero-order valence-corrected chi connectivity index (χ0v) is 12.6. The molecule has 100 valence electrons. The van der Waals surface area contributed by atoms with Gasteiger partial charge in [0.05, 0.1) is 18.4 Å². The van der Waals surface area contributed by atoms with Gasteiger partial charge >= 0.3 is 0 Å². The molecule has 1 saturated heterocycles. The Morgan fingerprint density at radius 3 is 2.16 bits per heavy atom. The number of fused-ring (bicyclic) bond motifs is 5. The number of amides is 2. The van der Waals surface area contributed by atoms with E-state index in [0.717, 1.165) is 6.42 Å². The van der Waals surface area contributed by atoms with Gasteiger partial charge < -0.3 is 0 Å². The fraction of sp³-hybridized carbons (Fsp3) is 0.600. The van der Waals surface area contributed by atoms with E-state index in [-0.39, 0.29) is 30.2 Å². The standard InChI is InChI=1S/C15H19NO2Si/c1-19(2,3)8-4-7-16-14(17)12-10-5-6-11(9-10)13(12)15(16)18/h5-6,10-13H,7,9H2,1-3H3/t10-,11+,12+,13-. The van der Waals surface area contributed by atoms with Crippen molar-refractivity contribution < 1.29 is 9.59 Å². The molecule has 3 nitrogen and oxygen atoms in total. The molecule has 1 saturated carbocycles. The van der Waals surface area contributed by atoms with Crippen LogP contribution in [0.3, 0.4) is 0 Å². The molecule has 2 aliphatic carbocycles. The van der Waals surface area contributed by atoms with Gasteiger partial charge in [0.2, 0.25) is 11.8 Å². The SMILES string of the molecule is C[Si](C)(C)C#CCN1C(=O)[C@@H]2[C@H](C1=O)[C@H]1C=C[C@@H]2C1. The lowest BCUT2D eigenvalue weighted by Gasteiger charge is -2.14. The van der Waals surface area contributed by atoms with Crippen LogP contribution in [0.25, 0.3) is 0 Å². The van der Waals surface area contributed by atoms with Gasteiger partial charge in [0.1, 0.15) is 8.07 Å². The largest absolute Gasteiger partial charge is 0.274 e. The van der Waals surface area contributed by atoms with Crippen LogP contribution in [-0.4, -0.2) is 31.3 Å². The molecule has 0 aromatic heterocycles. The van der Waals surface area contributed by atoms with E-state index in [1.54, 1.807) is 0 Å². The van der Waals surface area contributed by atoms with Gasteiger partial charge in [0, 0.05) is 0 Å². The Morgan fingerprint density at radius 1 is 1.16 bits per heavy atom. The van der Waals surface area contributed by atoms with Crippen LogP contribution in [0, 0.1) is 35.1 Å². The number of nitrogens with zero attached hydrogens (tertiary/aromatic N) is 1. The molecule has 4 heteroatoms. The van der Waals surface area contributed by atoms with Crippen molar-refractivity contribution in [2.24, 2.45) is 23.7 Å². The monoisotopic (exact) mass is 273 g/mol. The summed E-state index contributed by atoms with van der Waals surface area (Å²) in [6.07, 6.45) is 5.23. The van der Waals surface area contributed by atoms with Crippen LogP contribution in [0.5, 0.6) is 0 Å². The van der Waals surface area contributed by atoms with Crippen LogP contribution < -0.4 is 0 Å². The van der Waals surface area contributed by atoms with Crippen molar-refractivity contribution in [1.82, 2.24) is 4.90 Å². The zero-order chi connectivity index (χ0) is 13.8. The summed E-state index contributed by atoms with van der Waals surface area (Å²) in [5, 5.41) is 0. The average Bonchev–Trinajstić information content (AvgIpc) is 2.96. The number of hydrogen-bond donors (Lipinski definition) is 0. The van der Waals surface area contributed by atoms with E-state index in [0.29, 0.717) is 11.8 Å². The first-order valence-corrected chi connectivity index (χ1v) is 10.4. The van der Waals surface area contributed by atoms with E-state index in [9.17, 15) is 9.59 Å². The lowest BCUT2D eigenvalue weighted by Crippen LogP contribution is -2.33. The minimum Gasteiger partial charge on any atom is -0.274 e. The molecule has 2 bridgehead atoms. The summed E-state index contributed by atoms with van der Waals surface area (Å²) in [5.74, 6) is 3.48. The summed E-state index contributed by atoms with van der Waals surface area (Å²) >= 11 is 0. The van der Waals surface area contributed by atoms with Gasteiger partial charge in [0.25, 0.3) is 0 Å². The van der Waals surface area contributed by atoms with E-state index in [4.69, 9.17) is 0 Å². The number of carbonyl (C=O) groups is 2. The molecule has 0 spiro atoms. The molecule has 1 heterocycles. The maximum Gasteiger partial charge on any atom is 0.234 e. The minimum atomic E-state index is -1.44. The zero-order valence-electron chi connectivity index (χ0n) is 11.6. The minimum absolute atomic E-state index is 0.0109. The Kier molecular flexibility index (Phi) is 2.72. The molecule has 2 fully saturated rings. The fourth-order valence-corrected chi connectivity index (χ4v) is 4.11. The summed E-state index contributed by atoms with van der Waals surface area (Å²) in [7, 11) is -1.44. The van der Waals surface area contributed by atoms with Gasteiger partial charge in [0.15, 0.2) is 0 Å². The van der Waals surface area contributed by atoms with Crippen molar-refractivity contribution in [1.29, 1.82) is 0 Å². The van der Waals surface area contributed by atoms with Gasteiger partial charge in [-0.3, -0.25) is 14.5 Å². The van der Waals surface area contributed by atoms with E-state index in [2.05, 4.69) is 43.3 Å². The van der Waals surface area contributed by atoms with Crippen LogP contribution in [-0.2, 0) is 9.59 Å². The maximum atomic E-state index is 12.4. The van der Waals surface area contributed by atoms with Crippen molar-refractivity contribution in [3.8, 4) is 11.5 Å². The highest BCUT2D eigenvalue weighted by molar-refractivity contribution is 6.83. The van der Waals surface area contributed by atoms with E-state index in [1.165, 1.54) is 4.90 Å². The van der Waals surface area contributed by atoms with Gasteiger partial charge in [-0.1, -0.05) is 37.7 Å². The third kappa shape index (κ3) is 1.97. The molecule has 4 atom stereocenters. The van der Waals surface area contributed by atoms with E-state index < -0.39 is 8.07 Å². The molecule has 0 aromatic carbocycles. The number of hydrogen-bond acceptors (Lipinski definition) is 2. The Morgan fingerprint density at radius 2 is 1.68 bits per heavy atom. The van der Waals surface area contributed by atoms with Gasteiger partial charge in [-0.2, -0.15) is 0 Å². The first kappa shape index (κ1) is 12.7. The Bertz CT molecular complexity index is 505. The summed E-state index contributed by atoms with van der Waals surface area (Å²) in [6.45, 7) is 6.76. The van der Waals surface area contributed by atoms with Crippen LogP contribution in [0.1, 0.15) is 6.42 Å². The number of rotatable bonds is 1. The second-order valence-corrected chi connectivity index (χ2v) is 11.6. The quantitative estimate of drug-likeness (QED) is 0.315. The Labute approximate surface area is 115 Å². The molecular formula is C15H19NO2Si. The smallest absolute Gasteiger partial charge is 0.234 e. The second kappa shape index (κ2) is 4.07. The number of imide groups is 1. The first-order valence-electron chi connectivity index (χ1n) is 6.92. The maximum absolute atomic E-state index is 12.4.